The van der Waals surface area contributed by atoms with Crippen molar-refractivity contribution in [2.45, 2.75) is 25.7 Å². The number of aromatic nitrogens is 2. The minimum absolute atomic E-state index is 0.215. The van der Waals surface area contributed by atoms with Crippen molar-refractivity contribution in [3.63, 3.8) is 0 Å². The standard InChI is InChI=1S/C24H25N3O3/c1-4-9-16-14-17(15-21(29-2)22(16)30-3)24(28)25-23-19-12-8-13-20(19)26-27(23)18-10-6-5-7-11-18/h4-7,10-11,14-15H,1,8-9,12-13H2,2-3H3,(H,25,28). The summed E-state index contributed by atoms with van der Waals surface area (Å²) in [5, 5.41) is 7.86. The van der Waals surface area contributed by atoms with Gasteiger partial charge in [-0.2, -0.15) is 5.10 Å². The van der Waals surface area contributed by atoms with Gasteiger partial charge in [0.2, 0.25) is 0 Å². The number of nitrogens with zero attached hydrogens (tertiary/aromatic N) is 2. The molecule has 1 aliphatic rings. The fraction of sp³-hybridized carbons (Fsp3) is 0.250. The highest BCUT2D eigenvalue weighted by molar-refractivity contribution is 6.05. The summed E-state index contributed by atoms with van der Waals surface area (Å²) in [5.41, 5.74) is 4.42. The maximum absolute atomic E-state index is 13.2. The maximum Gasteiger partial charge on any atom is 0.256 e. The predicted molar refractivity (Wildman–Crippen MR) is 117 cm³/mol. The fourth-order valence-corrected chi connectivity index (χ4v) is 3.94. The van der Waals surface area contributed by atoms with Crippen molar-refractivity contribution >= 4 is 11.7 Å². The summed E-state index contributed by atoms with van der Waals surface area (Å²) in [6.07, 6.45) is 5.23. The Labute approximate surface area is 176 Å². The van der Waals surface area contributed by atoms with Crippen LogP contribution in [0.25, 0.3) is 5.69 Å². The van der Waals surface area contributed by atoms with Crippen LogP contribution < -0.4 is 14.8 Å². The van der Waals surface area contributed by atoms with Gasteiger partial charge in [-0.3, -0.25) is 4.79 Å². The van der Waals surface area contributed by atoms with Gasteiger partial charge < -0.3 is 14.8 Å². The molecule has 154 valence electrons. The SMILES string of the molecule is C=CCc1cc(C(=O)Nc2c3c(nn2-c2ccccc2)CCC3)cc(OC)c1OC. The third-order valence-electron chi connectivity index (χ3n) is 5.32. The summed E-state index contributed by atoms with van der Waals surface area (Å²) in [4.78, 5) is 13.2. The lowest BCUT2D eigenvalue weighted by Crippen LogP contribution is -2.17. The summed E-state index contributed by atoms with van der Waals surface area (Å²) in [7, 11) is 3.15. The van der Waals surface area contributed by atoms with Crippen LogP contribution in [0.1, 0.15) is 33.6 Å². The Morgan fingerprint density at radius 2 is 2.00 bits per heavy atom. The van der Waals surface area contributed by atoms with Crippen molar-refractivity contribution in [3.8, 4) is 17.2 Å². The first-order valence-electron chi connectivity index (χ1n) is 9.99. The average Bonchev–Trinajstić information content (AvgIpc) is 3.36. The number of fused-ring (bicyclic) bond motifs is 1. The molecule has 6 heteroatoms. The van der Waals surface area contributed by atoms with E-state index in [2.05, 4.69) is 11.9 Å². The van der Waals surface area contributed by atoms with Crippen LogP contribution in [0, 0.1) is 0 Å². The van der Waals surface area contributed by atoms with E-state index in [0.717, 1.165) is 47.6 Å². The summed E-state index contributed by atoms with van der Waals surface area (Å²) < 4.78 is 12.8. The van der Waals surface area contributed by atoms with Gasteiger partial charge in [-0.25, -0.2) is 4.68 Å². The second-order valence-corrected chi connectivity index (χ2v) is 7.19. The van der Waals surface area contributed by atoms with Gasteiger partial charge in [0.05, 0.1) is 25.6 Å². The zero-order valence-corrected chi connectivity index (χ0v) is 17.3. The molecule has 1 aliphatic carbocycles. The maximum atomic E-state index is 13.2. The average molecular weight is 403 g/mol. The van der Waals surface area contributed by atoms with Crippen molar-refractivity contribution in [2.75, 3.05) is 19.5 Å². The topological polar surface area (TPSA) is 65.4 Å². The van der Waals surface area contributed by atoms with E-state index in [1.807, 2.05) is 41.1 Å². The van der Waals surface area contributed by atoms with Crippen molar-refractivity contribution in [1.82, 2.24) is 9.78 Å². The molecule has 2 aromatic carbocycles. The van der Waals surface area contributed by atoms with E-state index in [1.54, 1.807) is 26.4 Å². The lowest BCUT2D eigenvalue weighted by Gasteiger charge is -2.15. The Balaban J connectivity index is 1.73. The highest BCUT2D eigenvalue weighted by Crippen LogP contribution is 2.35. The number of rotatable bonds is 7. The van der Waals surface area contributed by atoms with E-state index < -0.39 is 0 Å². The Morgan fingerprint density at radius 1 is 1.20 bits per heavy atom. The molecule has 1 N–H and O–H groups in total. The number of para-hydroxylation sites is 1. The predicted octanol–water partition coefficient (Wildman–Crippen LogP) is 4.36. The molecule has 0 aliphatic heterocycles. The zero-order chi connectivity index (χ0) is 21.1. The lowest BCUT2D eigenvalue weighted by molar-refractivity contribution is 0.102. The number of anilines is 1. The normalized spacial score (nSPS) is 12.3. The number of carbonyl (C=O) groups excluding carboxylic acids is 1. The number of nitrogens with one attached hydrogen (secondary N) is 1. The summed E-state index contributed by atoms with van der Waals surface area (Å²) in [6, 6.07) is 13.4. The second-order valence-electron chi connectivity index (χ2n) is 7.19. The molecule has 30 heavy (non-hydrogen) atoms. The Bertz CT molecular complexity index is 1090. The molecule has 0 fully saturated rings. The number of methoxy groups -OCH3 is 2. The molecule has 1 amide bonds. The molecule has 4 rings (SSSR count). The minimum atomic E-state index is -0.215. The molecule has 0 radical (unpaired) electrons. The van der Waals surface area contributed by atoms with Gasteiger partial charge in [0, 0.05) is 16.7 Å². The number of hydrogen-bond acceptors (Lipinski definition) is 4. The van der Waals surface area contributed by atoms with Crippen LogP contribution in [-0.4, -0.2) is 29.9 Å². The van der Waals surface area contributed by atoms with Crippen LogP contribution in [-0.2, 0) is 19.3 Å². The smallest absolute Gasteiger partial charge is 0.256 e. The van der Waals surface area contributed by atoms with Gasteiger partial charge in [0.1, 0.15) is 5.82 Å². The first-order valence-corrected chi connectivity index (χ1v) is 9.99. The van der Waals surface area contributed by atoms with Gasteiger partial charge >= 0.3 is 0 Å². The largest absolute Gasteiger partial charge is 0.493 e. The van der Waals surface area contributed by atoms with E-state index in [-0.39, 0.29) is 5.91 Å². The molecule has 0 spiro atoms. The van der Waals surface area contributed by atoms with Crippen LogP contribution >= 0.6 is 0 Å². The van der Waals surface area contributed by atoms with Gasteiger partial charge in [0.25, 0.3) is 5.91 Å². The van der Waals surface area contributed by atoms with Gasteiger partial charge in [-0.1, -0.05) is 24.3 Å². The highest BCUT2D eigenvalue weighted by Gasteiger charge is 2.25. The van der Waals surface area contributed by atoms with E-state index in [1.165, 1.54) is 0 Å². The molecular weight excluding hydrogens is 378 g/mol. The third kappa shape index (κ3) is 3.56. The molecular formula is C24H25N3O3. The number of benzene rings is 2. The first-order chi connectivity index (χ1) is 14.7. The summed E-state index contributed by atoms with van der Waals surface area (Å²) in [6.45, 7) is 3.80. The van der Waals surface area contributed by atoms with Crippen molar-refractivity contribution in [2.24, 2.45) is 0 Å². The summed E-state index contributed by atoms with van der Waals surface area (Å²) >= 11 is 0. The van der Waals surface area contributed by atoms with Crippen LogP contribution in [0.3, 0.4) is 0 Å². The monoisotopic (exact) mass is 403 g/mol. The van der Waals surface area contributed by atoms with Crippen molar-refractivity contribution < 1.29 is 14.3 Å². The highest BCUT2D eigenvalue weighted by atomic mass is 16.5. The van der Waals surface area contributed by atoms with Crippen LogP contribution in [0.5, 0.6) is 11.5 Å². The van der Waals surface area contributed by atoms with E-state index in [0.29, 0.717) is 23.5 Å². The van der Waals surface area contributed by atoms with Crippen molar-refractivity contribution in [3.05, 3.63) is 77.5 Å². The first kappa shape index (κ1) is 19.8. The van der Waals surface area contributed by atoms with Gasteiger partial charge in [-0.15, -0.1) is 6.58 Å². The van der Waals surface area contributed by atoms with Crippen LogP contribution in [0.4, 0.5) is 5.82 Å². The fourth-order valence-electron chi connectivity index (χ4n) is 3.94. The molecule has 3 aromatic rings. The number of hydrogen-bond donors (Lipinski definition) is 1. The summed E-state index contributed by atoms with van der Waals surface area (Å²) in [5.74, 6) is 1.65. The number of carbonyl (C=O) groups is 1. The molecule has 1 heterocycles. The van der Waals surface area contributed by atoms with Gasteiger partial charge in [-0.05, 0) is 49.9 Å². The number of allylic oxidation sites excluding steroid dienone is 1. The lowest BCUT2D eigenvalue weighted by atomic mass is 10.0. The van der Waals surface area contributed by atoms with E-state index in [9.17, 15) is 4.79 Å². The molecule has 0 saturated heterocycles. The number of ether oxygens (including phenoxy) is 2. The quantitative estimate of drug-likeness (QED) is 0.596. The Hall–Kier alpha value is -3.54. The molecule has 0 bridgehead atoms. The second kappa shape index (κ2) is 8.45. The van der Waals surface area contributed by atoms with Crippen LogP contribution in [0.15, 0.2) is 55.1 Å². The number of amides is 1. The van der Waals surface area contributed by atoms with E-state index in [4.69, 9.17) is 14.6 Å². The molecule has 0 atom stereocenters. The van der Waals surface area contributed by atoms with Crippen LogP contribution in [0.2, 0.25) is 0 Å². The van der Waals surface area contributed by atoms with Gasteiger partial charge in [0.15, 0.2) is 11.5 Å². The zero-order valence-electron chi connectivity index (χ0n) is 17.3. The number of aryl methyl sites for hydroxylation is 1. The Kier molecular flexibility index (Phi) is 5.57. The molecule has 1 aromatic heterocycles. The van der Waals surface area contributed by atoms with E-state index >= 15 is 0 Å². The Morgan fingerprint density at radius 3 is 2.70 bits per heavy atom. The van der Waals surface area contributed by atoms with Crippen molar-refractivity contribution in [1.29, 1.82) is 0 Å². The molecule has 0 saturated carbocycles. The minimum Gasteiger partial charge on any atom is -0.493 e. The third-order valence-corrected chi connectivity index (χ3v) is 5.32. The molecule has 0 unspecified atom stereocenters. The molecule has 6 nitrogen and oxygen atoms in total.